The second-order valence-electron chi connectivity index (χ2n) is 3.66. The zero-order valence-electron chi connectivity index (χ0n) is 9.14. The van der Waals surface area contributed by atoms with Crippen molar-refractivity contribution >= 4 is 5.97 Å². The summed E-state index contributed by atoms with van der Waals surface area (Å²) < 4.78 is 1.55. The number of likely N-dealkylation sites (N-methyl/N-ethyl adjacent to an activating group) is 1. The molecule has 0 saturated carbocycles. The number of rotatable bonds is 5. The van der Waals surface area contributed by atoms with Crippen molar-refractivity contribution in [3.05, 3.63) is 12.2 Å². The smallest absolute Gasteiger partial charge is 0.322 e. The molecule has 2 N–H and O–H groups in total. The van der Waals surface area contributed by atoms with Crippen LogP contribution in [-0.2, 0) is 11.3 Å². The third-order valence-corrected chi connectivity index (χ3v) is 2.09. The van der Waals surface area contributed by atoms with E-state index in [0.717, 1.165) is 5.82 Å². The summed E-state index contributed by atoms with van der Waals surface area (Å²) in [4.78, 5) is 14.8. The first kappa shape index (κ1) is 11.6. The Bertz CT molecular complexity index is 335. The summed E-state index contributed by atoms with van der Waals surface area (Å²) in [5, 5.41) is 15.7. The van der Waals surface area contributed by atoms with Gasteiger partial charge in [-0.15, -0.1) is 0 Å². The Hall–Kier alpha value is -1.43. The van der Waals surface area contributed by atoms with Crippen molar-refractivity contribution in [2.45, 2.75) is 32.4 Å². The predicted octanol–water partition coefficient (Wildman–Crippen LogP) is 0.0741. The Kier molecular flexibility index (Phi) is 3.79. The van der Waals surface area contributed by atoms with Crippen molar-refractivity contribution in [1.29, 1.82) is 0 Å². The molecule has 0 aliphatic heterocycles. The second kappa shape index (κ2) is 4.88. The Labute approximate surface area is 88.3 Å². The number of aliphatic carboxylic acids is 1. The van der Waals surface area contributed by atoms with Crippen LogP contribution >= 0.6 is 0 Å². The van der Waals surface area contributed by atoms with Crippen molar-refractivity contribution in [1.82, 2.24) is 20.1 Å². The number of carboxylic acids is 1. The van der Waals surface area contributed by atoms with E-state index in [2.05, 4.69) is 15.4 Å². The lowest BCUT2D eigenvalue weighted by Gasteiger charge is -2.10. The van der Waals surface area contributed by atoms with Gasteiger partial charge in [0.1, 0.15) is 12.4 Å². The van der Waals surface area contributed by atoms with Gasteiger partial charge in [0, 0.05) is 5.92 Å². The fourth-order valence-electron chi connectivity index (χ4n) is 1.14. The Morgan fingerprint density at radius 3 is 2.73 bits per heavy atom. The van der Waals surface area contributed by atoms with Gasteiger partial charge in [-0.25, -0.2) is 4.98 Å². The summed E-state index contributed by atoms with van der Waals surface area (Å²) in [7, 11) is 1.61. The molecular formula is C9H16N4O2. The fourth-order valence-corrected chi connectivity index (χ4v) is 1.14. The van der Waals surface area contributed by atoms with Gasteiger partial charge in [0.2, 0.25) is 0 Å². The zero-order valence-corrected chi connectivity index (χ0v) is 9.14. The molecule has 0 aromatic carbocycles. The average molecular weight is 212 g/mol. The SMILES string of the molecule is CNC(Cn1cnc(C(C)C)n1)C(=O)O. The highest BCUT2D eigenvalue weighted by Gasteiger charge is 2.16. The number of hydrogen-bond acceptors (Lipinski definition) is 4. The molecule has 0 spiro atoms. The highest BCUT2D eigenvalue weighted by molar-refractivity contribution is 5.73. The van der Waals surface area contributed by atoms with E-state index in [1.54, 1.807) is 18.1 Å². The minimum atomic E-state index is -0.890. The van der Waals surface area contributed by atoms with Crippen LogP contribution in [0, 0.1) is 0 Å². The molecule has 0 saturated heterocycles. The third kappa shape index (κ3) is 3.02. The molecule has 1 unspecified atom stereocenters. The van der Waals surface area contributed by atoms with Crippen molar-refractivity contribution < 1.29 is 9.90 Å². The van der Waals surface area contributed by atoms with E-state index in [9.17, 15) is 4.79 Å². The Morgan fingerprint density at radius 1 is 1.67 bits per heavy atom. The number of nitrogens with zero attached hydrogens (tertiary/aromatic N) is 3. The molecule has 6 nitrogen and oxygen atoms in total. The van der Waals surface area contributed by atoms with Crippen molar-refractivity contribution in [2.75, 3.05) is 7.05 Å². The molecular weight excluding hydrogens is 196 g/mol. The molecule has 1 rings (SSSR count). The van der Waals surface area contributed by atoms with E-state index in [-0.39, 0.29) is 12.5 Å². The predicted molar refractivity (Wildman–Crippen MR) is 54.6 cm³/mol. The third-order valence-electron chi connectivity index (χ3n) is 2.09. The maximum Gasteiger partial charge on any atom is 0.322 e. The van der Waals surface area contributed by atoms with Crippen LogP contribution in [0.4, 0.5) is 0 Å². The molecule has 0 bridgehead atoms. The van der Waals surface area contributed by atoms with E-state index in [1.165, 1.54) is 0 Å². The van der Waals surface area contributed by atoms with Gasteiger partial charge in [0.05, 0.1) is 6.54 Å². The average Bonchev–Trinajstić information content (AvgIpc) is 2.61. The molecule has 1 atom stereocenters. The lowest BCUT2D eigenvalue weighted by molar-refractivity contribution is -0.139. The summed E-state index contributed by atoms with van der Waals surface area (Å²) in [5.41, 5.74) is 0. The molecule has 0 fully saturated rings. The molecule has 15 heavy (non-hydrogen) atoms. The minimum Gasteiger partial charge on any atom is -0.480 e. The molecule has 0 aliphatic rings. The summed E-state index contributed by atoms with van der Waals surface area (Å²) in [6, 6.07) is -0.633. The highest BCUT2D eigenvalue weighted by atomic mass is 16.4. The van der Waals surface area contributed by atoms with Gasteiger partial charge in [-0.3, -0.25) is 9.48 Å². The van der Waals surface area contributed by atoms with Gasteiger partial charge in [-0.05, 0) is 7.05 Å². The van der Waals surface area contributed by atoms with Gasteiger partial charge >= 0.3 is 5.97 Å². The van der Waals surface area contributed by atoms with Crippen molar-refractivity contribution in [3.8, 4) is 0 Å². The summed E-state index contributed by atoms with van der Waals surface area (Å²) in [6.45, 7) is 4.27. The van der Waals surface area contributed by atoms with Gasteiger partial charge < -0.3 is 10.4 Å². The molecule has 84 valence electrons. The van der Waals surface area contributed by atoms with Crippen molar-refractivity contribution in [2.24, 2.45) is 0 Å². The number of hydrogen-bond donors (Lipinski definition) is 2. The van der Waals surface area contributed by atoms with Crippen LogP contribution in [0.25, 0.3) is 0 Å². The number of carbonyl (C=O) groups is 1. The number of carboxylic acid groups (broad SMARTS) is 1. The van der Waals surface area contributed by atoms with Gasteiger partial charge in [0.15, 0.2) is 5.82 Å². The van der Waals surface area contributed by atoms with E-state index in [1.807, 2.05) is 13.8 Å². The fraction of sp³-hybridized carbons (Fsp3) is 0.667. The van der Waals surface area contributed by atoms with Gasteiger partial charge in [-0.2, -0.15) is 5.10 Å². The Morgan fingerprint density at radius 2 is 2.33 bits per heavy atom. The first-order chi connectivity index (χ1) is 7.04. The molecule has 0 amide bonds. The lowest BCUT2D eigenvalue weighted by atomic mass is 10.2. The second-order valence-corrected chi connectivity index (χ2v) is 3.66. The molecule has 6 heteroatoms. The monoisotopic (exact) mass is 212 g/mol. The van der Waals surface area contributed by atoms with E-state index in [0.29, 0.717) is 0 Å². The van der Waals surface area contributed by atoms with Crippen LogP contribution in [0.5, 0.6) is 0 Å². The number of aromatic nitrogens is 3. The van der Waals surface area contributed by atoms with Crippen LogP contribution in [-0.4, -0.2) is 38.9 Å². The summed E-state index contributed by atoms with van der Waals surface area (Å²) >= 11 is 0. The van der Waals surface area contributed by atoms with Crippen LogP contribution in [0.3, 0.4) is 0 Å². The van der Waals surface area contributed by atoms with E-state index >= 15 is 0 Å². The topological polar surface area (TPSA) is 80.0 Å². The first-order valence-corrected chi connectivity index (χ1v) is 4.84. The maximum atomic E-state index is 10.8. The molecule has 1 aromatic heterocycles. The minimum absolute atomic E-state index is 0.254. The molecule has 1 heterocycles. The zero-order chi connectivity index (χ0) is 11.4. The van der Waals surface area contributed by atoms with E-state index < -0.39 is 12.0 Å². The van der Waals surface area contributed by atoms with Gasteiger partial charge in [0.25, 0.3) is 0 Å². The normalized spacial score (nSPS) is 13.1. The highest BCUT2D eigenvalue weighted by Crippen LogP contribution is 2.06. The largest absolute Gasteiger partial charge is 0.480 e. The summed E-state index contributed by atoms with van der Waals surface area (Å²) in [6.07, 6.45) is 1.56. The van der Waals surface area contributed by atoms with Crippen LogP contribution in [0.2, 0.25) is 0 Å². The van der Waals surface area contributed by atoms with Crippen LogP contribution in [0.1, 0.15) is 25.6 Å². The first-order valence-electron chi connectivity index (χ1n) is 4.84. The molecule has 0 aliphatic carbocycles. The summed E-state index contributed by atoms with van der Waals surface area (Å²) in [5.74, 6) is 0.0958. The standard InChI is InChI=1S/C9H16N4O2/c1-6(2)8-11-5-13(12-8)4-7(10-3)9(14)15/h5-7,10H,4H2,1-3H3,(H,14,15). The lowest BCUT2D eigenvalue weighted by Crippen LogP contribution is -2.37. The maximum absolute atomic E-state index is 10.8. The van der Waals surface area contributed by atoms with E-state index in [4.69, 9.17) is 5.11 Å². The quantitative estimate of drug-likeness (QED) is 0.722. The molecule has 0 radical (unpaired) electrons. The van der Waals surface area contributed by atoms with Crippen molar-refractivity contribution in [3.63, 3.8) is 0 Å². The number of nitrogens with one attached hydrogen (secondary N) is 1. The van der Waals surface area contributed by atoms with Crippen LogP contribution in [0.15, 0.2) is 6.33 Å². The van der Waals surface area contributed by atoms with Crippen LogP contribution < -0.4 is 5.32 Å². The molecule has 1 aromatic rings. The Balaban J connectivity index is 2.67. The van der Waals surface area contributed by atoms with Gasteiger partial charge in [-0.1, -0.05) is 13.8 Å².